The number of carbonyl (C=O) groups excluding carboxylic acids is 2. The third-order valence-electron chi connectivity index (χ3n) is 4.58. The summed E-state index contributed by atoms with van der Waals surface area (Å²) < 4.78 is 5.24. The van der Waals surface area contributed by atoms with E-state index in [-0.39, 0.29) is 17.6 Å². The molecule has 0 saturated carbocycles. The van der Waals surface area contributed by atoms with Gasteiger partial charge in [-0.05, 0) is 43.5 Å². The van der Waals surface area contributed by atoms with E-state index in [0.717, 1.165) is 23.7 Å². The molecule has 28 heavy (non-hydrogen) atoms. The van der Waals surface area contributed by atoms with Gasteiger partial charge in [-0.1, -0.05) is 30.3 Å². The van der Waals surface area contributed by atoms with Gasteiger partial charge < -0.3 is 9.64 Å². The van der Waals surface area contributed by atoms with Crippen LogP contribution in [0.2, 0.25) is 0 Å². The average Bonchev–Trinajstić information content (AvgIpc) is 3.01. The van der Waals surface area contributed by atoms with Crippen molar-refractivity contribution in [2.75, 3.05) is 4.90 Å². The largest absolute Gasteiger partial charge is 0.449 e. The minimum atomic E-state index is -0.948. The van der Waals surface area contributed by atoms with Crippen LogP contribution in [0.5, 0.6) is 0 Å². The highest BCUT2D eigenvalue weighted by molar-refractivity contribution is 6.00. The van der Waals surface area contributed by atoms with Crippen molar-refractivity contribution in [1.29, 1.82) is 0 Å². The second kappa shape index (κ2) is 8.04. The summed E-state index contributed by atoms with van der Waals surface area (Å²) in [6, 6.07) is 13.5. The summed E-state index contributed by atoms with van der Waals surface area (Å²) in [6.07, 6.45) is 2.38. The molecule has 0 radical (unpaired) electrons. The number of carbonyl (C=O) groups is 2. The summed E-state index contributed by atoms with van der Waals surface area (Å²) in [5, 5.41) is 10.8. The summed E-state index contributed by atoms with van der Waals surface area (Å²) in [5.74, 6) is -0.970. The number of benzene rings is 2. The topological polar surface area (TPSA) is 89.8 Å². The van der Waals surface area contributed by atoms with Gasteiger partial charge in [-0.15, -0.1) is 0 Å². The van der Waals surface area contributed by atoms with Gasteiger partial charge in [0.1, 0.15) is 0 Å². The number of nitrogens with zero attached hydrogens (tertiary/aromatic N) is 2. The lowest BCUT2D eigenvalue weighted by Gasteiger charge is -2.25. The number of rotatable bonds is 5. The quantitative estimate of drug-likeness (QED) is 0.343. The minimum Gasteiger partial charge on any atom is -0.449 e. The Balaban J connectivity index is 1.65. The van der Waals surface area contributed by atoms with E-state index in [2.05, 4.69) is 0 Å². The predicted molar refractivity (Wildman–Crippen MR) is 105 cm³/mol. The van der Waals surface area contributed by atoms with Crippen molar-refractivity contribution in [3.05, 3.63) is 75.8 Å². The highest BCUT2D eigenvalue weighted by atomic mass is 16.6. The zero-order valence-corrected chi connectivity index (χ0v) is 15.6. The van der Waals surface area contributed by atoms with Crippen molar-refractivity contribution in [1.82, 2.24) is 0 Å². The van der Waals surface area contributed by atoms with E-state index in [1.54, 1.807) is 11.0 Å². The van der Waals surface area contributed by atoms with Crippen LogP contribution in [0.25, 0.3) is 6.08 Å². The maximum Gasteiger partial charge on any atom is 0.331 e. The fraction of sp³-hybridized carbons (Fsp3) is 0.238. The fourth-order valence-electron chi connectivity index (χ4n) is 3.27. The number of hydrogen-bond acceptors (Lipinski definition) is 5. The van der Waals surface area contributed by atoms with Crippen LogP contribution < -0.4 is 4.90 Å². The van der Waals surface area contributed by atoms with Gasteiger partial charge in [-0.2, -0.15) is 0 Å². The van der Waals surface area contributed by atoms with E-state index in [0.29, 0.717) is 5.56 Å². The molecule has 1 aliphatic rings. The lowest BCUT2D eigenvalue weighted by Crippen LogP contribution is -2.43. The second-order valence-corrected chi connectivity index (χ2v) is 6.65. The van der Waals surface area contributed by atoms with E-state index in [9.17, 15) is 19.7 Å². The summed E-state index contributed by atoms with van der Waals surface area (Å²) >= 11 is 0. The highest BCUT2D eigenvalue weighted by Gasteiger charge is 2.34. The number of non-ortho nitro benzene ring substituents is 1. The molecule has 0 aromatic heterocycles. The van der Waals surface area contributed by atoms with Crippen LogP contribution >= 0.6 is 0 Å². The normalized spacial score (nSPS) is 16.6. The predicted octanol–water partition coefficient (Wildman–Crippen LogP) is 3.52. The molecule has 0 fully saturated rings. The maximum absolute atomic E-state index is 12.8. The van der Waals surface area contributed by atoms with Crippen molar-refractivity contribution in [3.63, 3.8) is 0 Å². The van der Waals surface area contributed by atoms with Gasteiger partial charge in [0.2, 0.25) is 0 Å². The third kappa shape index (κ3) is 4.09. The highest BCUT2D eigenvalue weighted by Crippen LogP contribution is 2.32. The first-order valence-electron chi connectivity index (χ1n) is 8.91. The van der Waals surface area contributed by atoms with Crippen molar-refractivity contribution in [2.24, 2.45) is 0 Å². The van der Waals surface area contributed by atoms with Crippen molar-refractivity contribution in [2.45, 2.75) is 32.4 Å². The Morgan fingerprint density at radius 3 is 2.75 bits per heavy atom. The molecule has 0 aliphatic carbocycles. The van der Waals surface area contributed by atoms with Crippen LogP contribution in [0.4, 0.5) is 11.4 Å². The molecular formula is C21H20N2O5. The molecule has 1 heterocycles. The van der Waals surface area contributed by atoms with Crippen molar-refractivity contribution >= 4 is 29.3 Å². The van der Waals surface area contributed by atoms with Gasteiger partial charge >= 0.3 is 5.97 Å². The standard InChI is InChI=1S/C21H20N2O5/c1-14-12-17-7-3-4-9-19(17)22(14)21(25)15(2)28-20(24)11-10-16-6-5-8-18(13-16)23(26)27/h3-11,13-15H,12H2,1-2H3/b11-10+/t14-,15-/m1/s1. The second-order valence-electron chi connectivity index (χ2n) is 6.65. The first-order valence-corrected chi connectivity index (χ1v) is 8.91. The van der Waals surface area contributed by atoms with Gasteiger partial charge in [0.15, 0.2) is 6.10 Å². The lowest BCUT2D eigenvalue weighted by atomic mass is 10.1. The lowest BCUT2D eigenvalue weighted by molar-refractivity contribution is -0.384. The van der Waals surface area contributed by atoms with Gasteiger partial charge in [-0.25, -0.2) is 4.79 Å². The van der Waals surface area contributed by atoms with Crippen molar-refractivity contribution < 1.29 is 19.2 Å². The monoisotopic (exact) mass is 380 g/mol. The number of para-hydroxylation sites is 1. The Bertz CT molecular complexity index is 953. The third-order valence-corrected chi connectivity index (χ3v) is 4.58. The molecule has 0 unspecified atom stereocenters. The first-order chi connectivity index (χ1) is 13.4. The summed E-state index contributed by atoms with van der Waals surface area (Å²) in [6.45, 7) is 3.49. The zero-order chi connectivity index (χ0) is 20.3. The van der Waals surface area contributed by atoms with E-state index >= 15 is 0 Å². The van der Waals surface area contributed by atoms with Crippen LogP contribution in [0, 0.1) is 10.1 Å². The molecule has 1 amide bonds. The van der Waals surface area contributed by atoms with Crippen LogP contribution in [-0.2, 0) is 20.7 Å². The van der Waals surface area contributed by atoms with E-state index in [1.165, 1.54) is 31.2 Å². The SMILES string of the molecule is C[C@@H]1Cc2ccccc2N1C(=O)[C@@H](C)OC(=O)/C=C/c1cccc([N+](=O)[O-])c1. The molecule has 0 bridgehead atoms. The van der Waals surface area contributed by atoms with Gasteiger partial charge in [-0.3, -0.25) is 14.9 Å². The minimum absolute atomic E-state index is 0.00791. The van der Waals surface area contributed by atoms with Crippen LogP contribution in [0.3, 0.4) is 0 Å². The van der Waals surface area contributed by atoms with Gasteiger partial charge in [0.05, 0.1) is 4.92 Å². The van der Waals surface area contributed by atoms with Crippen LogP contribution in [-0.4, -0.2) is 28.9 Å². The summed E-state index contributed by atoms with van der Waals surface area (Å²) in [4.78, 5) is 36.8. The first kappa shape index (κ1) is 19.3. The van der Waals surface area contributed by atoms with Gasteiger partial charge in [0.25, 0.3) is 11.6 Å². The zero-order valence-electron chi connectivity index (χ0n) is 15.6. The number of amides is 1. The molecule has 2 aromatic rings. The summed E-state index contributed by atoms with van der Waals surface area (Å²) in [5.41, 5.74) is 2.36. The molecule has 144 valence electrons. The number of nitro groups is 1. The molecule has 2 aromatic carbocycles. The number of esters is 1. The molecule has 3 rings (SSSR count). The summed E-state index contributed by atoms with van der Waals surface area (Å²) in [7, 11) is 0. The average molecular weight is 380 g/mol. The molecular weight excluding hydrogens is 360 g/mol. The van der Waals surface area contributed by atoms with E-state index in [4.69, 9.17) is 4.74 Å². The number of nitro benzene ring substituents is 1. The Labute approximate surface area is 162 Å². The van der Waals surface area contributed by atoms with Crippen LogP contribution in [0.1, 0.15) is 25.0 Å². The number of ether oxygens (including phenoxy) is 1. The fourth-order valence-corrected chi connectivity index (χ4v) is 3.27. The molecule has 7 heteroatoms. The smallest absolute Gasteiger partial charge is 0.331 e. The number of anilines is 1. The molecule has 2 atom stereocenters. The maximum atomic E-state index is 12.8. The molecule has 1 aliphatic heterocycles. The Morgan fingerprint density at radius 1 is 1.25 bits per heavy atom. The molecule has 0 saturated heterocycles. The molecule has 0 N–H and O–H groups in total. The van der Waals surface area contributed by atoms with Crippen molar-refractivity contribution in [3.8, 4) is 0 Å². The Morgan fingerprint density at radius 2 is 2.00 bits per heavy atom. The number of fused-ring (bicyclic) bond motifs is 1. The van der Waals surface area contributed by atoms with Gasteiger partial charge in [0, 0.05) is 29.9 Å². The molecule has 7 nitrogen and oxygen atoms in total. The molecule has 0 spiro atoms. The number of hydrogen-bond donors (Lipinski definition) is 0. The Kier molecular flexibility index (Phi) is 5.54. The van der Waals surface area contributed by atoms with E-state index < -0.39 is 17.0 Å². The Hall–Kier alpha value is -3.48. The van der Waals surface area contributed by atoms with Crippen LogP contribution in [0.15, 0.2) is 54.6 Å². The van der Waals surface area contributed by atoms with E-state index in [1.807, 2.05) is 31.2 Å².